The maximum absolute atomic E-state index is 13.3. The number of benzene rings is 4. The number of hydrogen-bond acceptors (Lipinski definition) is 5. The van der Waals surface area contributed by atoms with E-state index in [4.69, 9.17) is 11.6 Å². The molecule has 4 aromatic carbocycles. The Morgan fingerprint density at radius 3 is 2.44 bits per heavy atom. The molecular weight excluding hydrogens is 506 g/mol. The summed E-state index contributed by atoms with van der Waals surface area (Å²) in [5.74, 6) is 0.198. The van der Waals surface area contributed by atoms with Crippen LogP contribution in [0.5, 0.6) is 0 Å². The number of carbonyl (C=O) groups is 1. The van der Waals surface area contributed by atoms with Crippen LogP contribution in [0.4, 0.5) is 5.82 Å². The van der Waals surface area contributed by atoms with Crippen LogP contribution in [0.3, 0.4) is 0 Å². The van der Waals surface area contributed by atoms with Crippen molar-refractivity contribution in [2.45, 2.75) is 19.9 Å². The van der Waals surface area contributed by atoms with Crippen molar-refractivity contribution in [3.05, 3.63) is 124 Å². The number of anilines is 1. The van der Waals surface area contributed by atoms with Gasteiger partial charge in [0.05, 0.1) is 5.69 Å². The van der Waals surface area contributed by atoms with Crippen molar-refractivity contribution in [1.82, 2.24) is 15.1 Å². The van der Waals surface area contributed by atoms with Crippen molar-refractivity contribution in [3.8, 4) is 11.8 Å². The molecule has 0 atom stereocenters. The second-order valence-electron chi connectivity index (χ2n) is 9.41. The molecule has 0 fully saturated rings. The van der Waals surface area contributed by atoms with Crippen molar-refractivity contribution in [2.24, 2.45) is 0 Å². The van der Waals surface area contributed by atoms with Crippen molar-refractivity contribution < 1.29 is 4.79 Å². The lowest BCUT2D eigenvalue weighted by atomic mass is 10.0. The zero-order valence-corrected chi connectivity index (χ0v) is 22.4. The summed E-state index contributed by atoms with van der Waals surface area (Å²) >= 11 is 6.09. The average Bonchev–Trinajstić information content (AvgIpc) is 3.33. The molecular formula is C32H28ClN5O. The number of nitrogens with one attached hydrogen (secondary N) is 2. The van der Waals surface area contributed by atoms with Crippen LogP contribution in [0.25, 0.3) is 16.5 Å². The second kappa shape index (κ2) is 12.0. The minimum atomic E-state index is -0.292. The monoisotopic (exact) mass is 533 g/mol. The summed E-state index contributed by atoms with van der Waals surface area (Å²) < 4.78 is 1.61. The summed E-state index contributed by atoms with van der Waals surface area (Å²) in [5.41, 5.74) is 3.81. The highest BCUT2D eigenvalue weighted by molar-refractivity contribution is 6.30. The van der Waals surface area contributed by atoms with Gasteiger partial charge in [0.1, 0.15) is 17.5 Å². The molecule has 0 saturated heterocycles. The minimum Gasteiger partial charge on any atom is -0.369 e. The van der Waals surface area contributed by atoms with E-state index < -0.39 is 0 Å². The molecule has 39 heavy (non-hydrogen) atoms. The number of halogens is 1. The third kappa shape index (κ3) is 6.01. The molecule has 5 aromatic rings. The standard InChI is InChI=1S/C32H28ClN5O/c1-22-7-10-25(11-8-22)31(39)30-29(20-34)32(38(37-30)28-15-13-27(33)14-16-28)36-18-4-17-35-21-23-9-12-24-5-2-3-6-26(24)19-23/h2-3,5-16,19,35-36H,4,17-18,21H2,1H3. The number of hydrogen-bond donors (Lipinski definition) is 2. The van der Waals surface area contributed by atoms with Gasteiger partial charge in [0.25, 0.3) is 0 Å². The van der Waals surface area contributed by atoms with Gasteiger partial charge in [-0.2, -0.15) is 10.4 Å². The third-order valence-electron chi connectivity index (χ3n) is 6.56. The molecule has 194 valence electrons. The fraction of sp³-hybridized carbons (Fsp3) is 0.156. The molecule has 5 rings (SSSR count). The molecule has 7 heteroatoms. The molecule has 0 radical (unpaired) electrons. The number of nitrogens with zero attached hydrogens (tertiary/aromatic N) is 3. The first-order valence-electron chi connectivity index (χ1n) is 12.9. The molecule has 1 heterocycles. The van der Waals surface area contributed by atoms with Crippen molar-refractivity contribution in [1.29, 1.82) is 5.26 Å². The van der Waals surface area contributed by atoms with E-state index in [9.17, 15) is 10.1 Å². The average molecular weight is 534 g/mol. The molecule has 0 amide bonds. The van der Waals surface area contributed by atoms with E-state index in [1.54, 1.807) is 28.9 Å². The molecule has 0 aliphatic heterocycles. The van der Waals surface area contributed by atoms with E-state index in [0.717, 1.165) is 25.1 Å². The highest BCUT2D eigenvalue weighted by Gasteiger charge is 2.25. The molecule has 2 N–H and O–H groups in total. The van der Waals surface area contributed by atoms with Crippen LogP contribution in [0, 0.1) is 18.3 Å². The number of aromatic nitrogens is 2. The van der Waals surface area contributed by atoms with Crippen molar-refractivity contribution in [3.63, 3.8) is 0 Å². The van der Waals surface area contributed by atoms with Gasteiger partial charge in [0, 0.05) is 23.7 Å². The molecule has 6 nitrogen and oxygen atoms in total. The summed E-state index contributed by atoms with van der Waals surface area (Å²) in [7, 11) is 0. The van der Waals surface area contributed by atoms with Gasteiger partial charge in [-0.1, -0.05) is 77.8 Å². The Bertz CT molecular complexity index is 1650. The Balaban J connectivity index is 1.29. The number of carbonyl (C=O) groups excluding carboxylic acids is 1. The first kappa shape index (κ1) is 26.2. The predicted octanol–water partition coefficient (Wildman–Crippen LogP) is 6.68. The highest BCUT2D eigenvalue weighted by atomic mass is 35.5. The first-order valence-corrected chi connectivity index (χ1v) is 13.2. The Morgan fingerprint density at radius 2 is 1.69 bits per heavy atom. The van der Waals surface area contributed by atoms with Crippen LogP contribution in [0.1, 0.15) is 39.2 Å². The lowest BCUT2D eigenvalue weighted by Gasteiger charge is -2.11. The molecule has 1 aromatic heterocycles. The zero-order chi connectivity index (χ0) is 27.2. The van der Waals surface area contributed by atoms with Gasteiger partial charge in [-0.15, -0.1) is 0 Å². The summed E-state index contributed by atoms with van der Waals surface area (Å²) in [6.45, 7) is 4.11. The van der Waals surface area contributed by atoms with Gasteiger partial charge in [-0.3, -0.25) is 4.79 Å². The summed E-state index contributed by atoms with van der Waals surface area (Å²) in [6.07, 6.45) is 0.811. The maximum atomic E-state index is 13.3. The van der Waals surface area contributed by atoms with Gasteiger partial charge in [0.2, 0.25) is 5.78 Å². The largest absolute Gasteiger partial charge is 0.369 e. The lowest BCUT2D eigenvalue weighted by Crippen LogP contribution is -2.18. The van der Waals surface area contributed by atoms with E-state index in [1.165, 1.54) is 16.3 Å². The number of fused-ring (bicyclic) bond motifs is 1. The van der Waals surface area contributed by atoms with Crippen LogP contribution in [0.15, 0.2) is 91.0 Å². The van der Waals surface area contributed by atoms with Crippen molar-refractivity contribution >= 4 is 34.0 Å². The number of aryl methyl sites for hydroxylation is 1. The van der Waals surface area contributed by atoms with Crippen LogP contribution < -0.4 is 10.6 Å². The molecule has 0 spiro atoms. The summed E-state index contributed by atoms with van der Waals surface area (Å²) in [4.78, 5) is 13.3. The van der Waals surface area contributed by atoms with E-state index in [1.807, 2.05) is 37.3 Å². The Kier molecular flexibility index (Phi) is 8.02. The fourth-order valence-electron chi connectivity index (χ4n) is 4.46. The normalized spacial score (nSPS) is 10.9. The van der Waals surface area contributed by atoms with Crippen LogP contribution in [-0.2, 0) is 6.54 Å². The van der Waals surface area contributed by atoms with Crippen LogP contribution in [0.2, 0.25) is 5.02 Å². The predicted molar refractivity (Wildman–Crippen MR) is 157 cm³/mol. The zero-order valence-electron chi connectivity index (χ0n) is 21.6. The molecule has 0 aliphatic rings. The number of rotatable bonds is 10. The summed E-state index contributed by atoms with van der Waals surface area (Å²) in [6, 6.07) is 31.4. The van der Waals surface area contributed by atoms with Gasteiger partial charge in [-0.25, -0.2) is 4.68 Å². The van der Waals surface area contributed by atoms with E-state index >= 15 is 0 Å². The SMILES string of the molecule is Cc1ccc(C(=O)c2nn(-c3ccc(Cl)cc3)c(NCCCNCc3ccc4ccccc4c3)c2C#N)cc1. The quantitative estimate of drug-likeness (QED) is 0.154. The van der Waals surface area contributed by atoms with Gasteiger partial charge < -0.3 is 10.6 Å². The Hall–Kier alpha value is -4.44. The number of nitriles is 1. The Morgan fingerprint density at radius 1 is 0.949 bits per heavy atom. The van der Waals surface area contributed by atoms with Gasteiger partial charge >= 0.3 is 0 Å². The van der Waals surface area contributed by atoms with E-state index in [0.29, 0.717) is 28.6 Å². The molecule has 0 saturated carbocycles. The topological polar surface area (TPSA) is 82.7 Å². The summed E-state index contributed by atoms with van der Waals surface area (Å²) in [5, 5.41) is 24.5. The van der Waals surface area contributed by atoms with E-state index in [-0.39, 0.29) is 17.0 Å². The fourth-order valence-corrected chi connectivity index (χ4v) is 4.58. The van der Waals surface area contributed by atoms with E-state index in [2.05, 4.69) is 58.2 Å². The number of ketones is 1. The molecule has 0 unspecified atom stereocenters. The van der Waals surface area contributed by atoms with Crippen LogP contribution >= 0.6 is 11.6 Å². The smallest absolute Gasteiger partial charge is 0.214 e. The lowest BCUT2D eigenvalue weighted by molar-refractivity contribution is 0.103. The highest BCUT2D eigenvalue weighted by Crippen LogP contribution is 2.26. The van der Waals surface area contributed by atoms with Gasteiger partial charge in [0.15, 0.2) is 5.69 Å². The maximum Gasteiger partial charge on any atom is 0.214 e. The third-order valence-corrected chi connectivity index (χ3v) is 6.81. The first-order chi connectivity index (χ1) is 19.0. The minimum absolute atomic E-state index is 0.119. The van der Waals surface area contributed by atoms with Crippen molar-refractivity contribution in [2.75, 3.05) is 18.4 Å². The molecule has 0 aliphatic carbocycles. The second-order valence-corrected chi connectivity index (χ2v) is 9.84. The Labute approximate surface area is 232 Å². The molecule has 0 bridgehead atoms. The van der Waals surface area contributed by atoms with Gasteiger partial charge in [-0.05, 0) is 66.6 Å². The van der Waals surface area contributed by atoms with Crippen LogP contribution in [-0.4, -0.2) is 28.7 Å².